The number of carbonyl (C=O) groups is 1. The van der Waals surface area contributed by atoms with Gasteiger partial charge in [0.05, 0.1) is 31.8 Å². The van der Waals surface area contributed by atoms with Crippen LogP contribution in [0.3, 0.4) is 0 Å². The average molecular weight is 204 g/mol. The van der Waals surface area contributed by atoms with Crippen molar-refractivity contribution in [2.75, 3.05) is 13.2 Å². The quantitative estimate of drug-likeness (QED) is 0.601. The smallest absolute Gasteiger partial charge is 0.308 e. The van der Waals surface area contributed by atoms with Crippen molar-refractivity contribution < 1.29 is 24.5 Å². The van der Waals surface area contributed by atoms with Gasteiger partial charge in [0.15, 0.2) is 0 Å². The molecule has 1 fully saturated rings. The standard InChI is InChI=1S/C9H16O5/c1-2-13-9(12)4-6-3-7(11)8(5-10)14-6/h6-8,10-11H,2-5H2,1H3. The Balaban J connectivity index is 2.31. The summed E-state index contributed by atoms with van der Waals surface area (Å²) in [6.45, 7) is 1.86. The number of rotatable bonds is 4. The molecular formula is C9H16O5. The minimum atomic E-state index is -0.681. The van der Waals surface area contributed by atoms with Crippen LogP contribution in [0.4, 0.5) is 0 Å². The summed E-state index contributed by atoms with van der Waals surface area (Å²) in [6, 6.07) is 0. The largest absolute Gasteiger partial charge is 0.466 e. The van der Waals surface area contributed by atoms with Crippen molar-refractivity contribution in [3.63, 3.8) is 0 Å². The molecule has 3 unspecified atom stereocenters. The molecule has 0 bridgehead atoms. The molecule has 2 N–H and O–H groups in total. The number of hydrogen-bond acceptors (Lipinski definition) is 5. The fourth-order valence-corrected chi connectivity index (χ4v) is 1.52. The van der Waals surface area contributed by atoms with Crippen molar-refractivity contribution in [3.8, 4) is 0 Å². The van der Waals surface area contributed by atoms with Gasteiger partial charge in [0.2, 0.25) is 0 Å². The van der Waals surface area contributed by atoms with E-state index in [9.17, 15) is 9.90 Å². The van der Waals surface area contributed by atoms with Crippen molar-refractivity contribution in [2.24, 2.45) is 0 Å². The summed E-state index contributed by atoms with van der Waals surface area (Å²) >= 11 is 0. The molecule has 0 aromatic carbocycles. The average Bonchev–Trinajstić information content (AvgIpc) is 2.46. The number of hydrogen-bond donors (Lipinski definition) is 2. The first kappa shape index (κ1) is 11.4. The fraction of sp³-hybridized carbons (Fsp3) is 0.889. The predicted molar refractivity (Wildman–Crippen MR) is 47.6 cm³/mol. The van der Waals surface area contributed by atoms with E-state index < -0.39 is 12.2 Å². The Labute approximate surface area is 82.6 Å². The molecule has 5 heteroatoms. The molecule has 0 aromatic rings. The Morgan fingerprint density at radius 1 is 1.64 bits per heavy atom. The van der Waals surface area contributed by atoms with E-state index in [-0.39, 0.29) is 25.1 Å². The van der Waals surface area contributed by atoms with Gasteiger partial charge >= 0.3 is 5.97 Å². The van der Waals surface area contributed by atoms with Gasteiger partial charge in [-0.05, 0) is 6.92 Å². The summed E-state index contributed by atoms with van der Waals surface area (Å²) in [4.78, 5) is 11.1. The van der Waals surface area contributed by atoms with Crippen molar-refractivity contribution in [1.29, 1.82) is 0 Å². The van der Waals surface area contributed by atoms with Gasteiger partial charge in [-0.1, -0.05) is 0 Å². The molecule has 5 nitrogen and oxygen atoms in total. The van der Waals surface area contributed by atoms with E-state index in [1.54, 1.807) is 6.92 Å². The van der Waals surface area contributed by atoms with Crippen LogP contribution in [0.15, 0.2) is 0 Å². The lowest BCUT2D eigenvalue weighted by atomic mass is 10.1. The van der Waals surface area contributed by atoms with Gasteiger partial charge in [0.25, 0.3) is 0 Å². The van der Waals surface area contributed by atoms with Crippen LogP contribution in [0, 0.1) is 0 Å². The number of esters is 1. The molecule has 0 saturated carbocycles. The van der Waals surface area contributed by atoms with Gasteiger partial charge < -0.3 is 19.7 Å². The summed E-state index contributed by atoms with van der Waals surface area (Å²) in [6.07, 6.45) is -1.05. The molecule has 0 radical (unpaired) electrons. The van der Waals surface area contributed by atoms with Gasteiger partial charge in [-0.3, -0.25) is 4.79 Å². The number of aliphatic hydroxyl groups is 2. The Kier molecular flexibility index (Phi) is 4.31. The molecular weight excluding hydrogens is 188 g/mol. The van der Waals surface area contributed by atoms with Gasteiger partial charge in [-0.15, -0.1) is 0 Å². The molecule has 0 amide bonds. The molecule has 1 aliphatic rings. The molecule has 1 heterocycles. The van der Waals surface area contributed by atoms with Crippen LogP contribution in [-0.4, -0.2) is 47.7 Å². The highest BCUT2D eigenvalue weighted by Crippen LogP contribution is 2.22. The van der Waals surface area contributed by atoms with E-state index in [4.69, 9.17) is 14.6 Å². The molecule has 1 saturated heterocycles. The normalized spacial score (nSPS) is 31.8. The van der Waals surface area contributed by atoms with Crippen LogP contribution in [0.25, 0.3) is 0 Å². The summed E-state index contributed by atoms with van der Waals surface area (Å²) in [7, 11) is 0. The Hall–Kier alpha value is -0.650. The van der Waals surface area contributed by atoms with Gasteiger partial charge in [0, 0.05) is 6.42 Å². The minimum Gasteiger partial charge on any atom is -0.466 e. The first-order valence-corrected chi connectivity index (χ1v) is 4.77. The zero-order chi connectivity index (χ0) is 10.6. The van der Waals surface area contributed by atoms with Crippen molar-refractivity contribution in [3.05, 3.63) is 0 Å². The molecule has 1 rings (SSSR count). The predicted octanol–water partition coefficient (Wildman–Crippen LogP) is -0.550. The lowest BCUT2D eigenvalue weighted by Gasteiger charge is -2.11. The summed E-state index contributed by atoms with van der Waals surface area (Å²) in [5.41, 5.74) is 0. The molecule has 0 aromatic heterocycles. The molecule has 82 valence electrons. The van der Waals surface area contributed by atoms with Crippen LogP contribution < -0.4 is 0 Å². The Bertz CT molecular complexity index is 194. The van der Waals surface area contributed by atoms with Crippen molar-refractivity contribution in [2.45, 2.75) is 38.1 Å². The molecule has 0 spiro atoms. The van der Waals surface area contributed by atoms with Crippen molar-refractivity contribution in [1.82, 2.24) is 0 Å². The molecule has 1 aliphatic heterocycles. The van der Waals surface area contributed by atoms with Gasteiger partial charge in [0.1, 0.15) is 6.10 Å². The maximum absolute atomic E-state index is 11.1. The monoisotopic (exact) mass is 204 g/mol. The maximum atomic E-state index is 11.1. The second kappa shape index (κ2) is 5.29. The third kappa shape index (κ3) is 2.94. The first-order valence-electron chi connectivity index (χ1n) is 4.77. The van der Waals surface area contributed by atoms with E-state index >= 15 is 0 Å². The number of carbonyl (C=O) groups excluding carboxylic acids is 1. The highest BCUT2D eigenvalue weighted by atomic mass is 16.5. The zero-order valence-corrected chi connectivity index (χ0v) is 8.18. The van der Waals surface area contributed by atoms with Crippen LogP contribution in [0.2, 0.25) is 0 Å². The minimum absolute atomic E-state index is 0.140. The Morgan fingerprint density at radius 3 is 2.86 bits per heavy atom. The van der Waals surface area contributed by atoms with Gasteiger partial charge in [-0.2, -0.15) is 0 Å². The Morgan fingerprint density at radius 2 is 2.36 bits per heavy atom. The molecule has 0 aliphatic carbocycles. The van der Waals surface area contributed by atoms with E-state index in [1.165, 1.54) is 0 Å². The zero-order valence-electron chi connectivity index (χ0n) is 8.18. The summed E-state index contributed by atoms with van der Waals surface area (Å²) in [5, 5.41) is 18.2. The third-order valence-electron chi connectivity index (χ3n) is 2.18. The van der Waals surface area contributed by atoms with Crippen molar-refractivity contribution >= 4 is 5.97 Å². The second-order valence-corrected chi connectivity index (χ2v) is 3.29. The maximum Gasteiger partial charge on any atom is 0.308 e. The van der Waals surface area contributed by atoms with Crippen LogP contribution in [0.5, 0.6) is 0 Å². The van der Waals surface area contributed by atoms with Gasteiger partial charge in [-0.25, -0.2) is 0 Å². The van der Waals surface area contributed by atoms with Crippen LogP contribution >= 0.6 is 0 Å². The lowest BCUT2D eigenvalue weighted by molar-refractivity contribution is -0.146. The topological polar surface area (TPSA) is 76.0 Å². The SMILES string of the molecule is CCOC(=O)CC1CC(O)C(CO)O1. The van der Waals surface area contributed by atoms with E-state index in [0.717, 1.165) is 0 Å². The molecule has 3 atom stereocenters. The third-order valence-corrected chi connectivity index (χ3v) is 2.18. The first-order chi connectivity index (χ1) is 6.67. The fourth-order valence-electron chi connectivity index (χ4n) is 1.52. The lowest BCUT2D eigenvalue weighted by Crippen LogP contribution is -2.24. The molecule has 14 heavy (non-hydrogen) atoms. The summed E-state index contributed by atoms with van der Waals surface area (Å²) < 4.78 is 9.98. The number of aliphatic hydroxyl groups excluding tert-OH is 2. The second-order valence-electron chi connectivity index (χ2n) is 3.29. The van der Waals surface area contributed by atoms with E-state index in [0.29, 0.717) is 13.0 Å². The van der Waals surface area contributed by atoms with E-state index in [2.05, 4.69) is 0 Å². The van der Waals surface area contributed by atoms with Crippen LogP contribution in [0.1, 0.15) is 19.8 Å². The number of ether oxygens (including phenoxy) is 2. The van der Waals surface area contributed by atoms with E-state index in [1.807, 2.05) is 0 Å². The summed E-state index contributed by atoms with van der Waals surface area (Å²) in [5.74, 6) is -0.330. The highest BCUT2D eigenvalue weighted by Gasteiger charge is 2.34. The van der Waals surface area contributed by atoms with Crippen LogP contribution in [-0.2, 0) is 14.3 Å². The highest BCUT2D eigenvalue weighted by molar-refractivity contribution is 5.69.